The Morgan fingerprint density at radius 1 is 1.30 bits per heavy atom. The Morgan fingerprint density at radius 3 is 2.85 bits per heavy atom. The number of anilines is 1. The van der Waals surface area contributed by atoms with Gasteiger partial charge in [-0.25, -0.2) is 13.8 Å². The Balaban J connectivity index is 1.65. The highest BCUT2D eigenvalue weighted by molar-refractivity contribution is 6.30. The number of pyridine rings is 1. The lowest BCUT2D eigenvalue weighted by Gasteiger charge is -2.23. The molecule has 3 aromatic rings. The van der Waals surface area contributed by atoms with Gasteiger partial charge >= 0.3 is 0 Å². The zero-order valence-electron chi connectivity index (χ0n) is 18.0. The minimum absolute atomic E-state index is 0.130. The molecule has 0 aliphatic carbocycles. The summed E-state index contributed by atoms with van der Waals surface area (Å²) in [5.74, 6) is -0.805. The van der Waals surface area contributed by atoms with Crippen LogP contribution in [0.15, 0.2) is 66.5 Å². The molecule has 0 saturated carbocycles. The predicted molar refractivity (Wildman–Crippen MR) is 127 cm³/mol. The number of halogens is 3. The number of hydrogen-bond acceptors (Lipinski definition) is 5. The lowest BCUT2D eigenvalue weighted by Crippen LogP contribution is -2.17. The van der Waals surface area contributed by atoms with E-state index in [1.54, 1.807) is 35.8 Å². The number of aromatic amines is 1. The van der Waals surface area contributed by atoms with Crippen molar-refractivity contribution in [1.82, 2.24) is 19.9 Å². The van der Waals surface area contributed by atoms with E-state index in [-0.39, 0.29) is 23.5 Å². The zero-order chi connectivity index (χ0) is 23.5. The quantitative estimate of drug-likeness (QED) is 0.473. The van der Waals surface area contributed by atoms with Crippen LogP contribution in [0.25, 0.3) is 11.3 Å². The third kappa shape index (κ3) is 4.56. The summed E-state index contributed by atoms with van der Waals surface area (Å²) in [5, 5.41) is 3.48. The highest BCUT2D eigenvalue weighted by Gasteiger charge is 2.22. The molecule has 1 aliphatic heterocycles. The van der Waals surface area contributed by atoms with Gasteiger partial charge in [0.1, 0.15) is 11.6 Å². The molecular formula is C24H21ClF2N6. The fourth-order valence-electron chi connectivity index (χ4n) is 3.44. The highest BCUT2D eigenvalue weighted by atomic mass is 35.5. The van der Waals surface area contributed by atoms with E-state index < -0.39 is 11.6 Å². The summed E-state index contributed by atoms with van der Waals surface area (Å²) < 4.78 is 30.1. The van der Waals surface area contributed by atoms with Crippen LogP contribution >= 0.6 is 11.6 Å². The van der Waals surface area contributed by atoms with Crippen LogP contribution in [-0.4, -0.2) is 26.1 Å². The van der Waals surface area contributed by atoms with E-state index in [1.807, 2.05) is 13.8 Å². The van der Waals surface area contributed by atoms with Crippen molar-refractivity contribution in [1.29, 1.82) is 0 Å². The Kier molecular flexibility index (Phi) is 6.37. The number of benzene rings is 1. The molecule has 9 heteroatoms. The summed E-state index contributed by atoms with van der Waals surface area (Å²) in [7, 11) is 0. The van der Waals surface area contributed by atoms with E-state index >= 15 is 4.39 Å². The van der Waals surface area contributed by atoms with Crippen LogP contribution < -0.4 is 5.32 Å². The SMILES string of the molecule is C=CN1C=C(c2c(F)ccc(NCc3cc(Cl)cnc3C)c2F)N=C/C1=C(/C)c1ncc[nH]1. The second kappa shape index (κ2) is 9.38. The maximum Gasteiger partial charge on any atom is 0.158 e. The van der Waals surface area contributed by atoms with Gasteiger partial charge in [0.2, 0.25) is 0 Å². The third-order valence-electron chi connectivity index (χ3n) is 5.27. The van der Waals surface area contributed by atoms with Gasteiger partial charge in [0, 0.05) is 48.8 Å². The molecule has 0 radical (unpaired) electrons. The number of allylic oxidation sites excluding steroid dienone is 2. The first-order chi connectivity index (χ1) is 15.9. The maximum atomic E-state index is 15.4. The molecule has 1 aliphatic rings. The van der Waals surface area contributed by atoms with Gasteiger partial charge < -0.3 is 15.2 Å². The van der Waals surface area contributed by atoms with E-state index in [1.165, 1.54) is 24.5 Å². The zero-order valence-corrected chi connectivity index (χ0v) is 18.8. The Hall–Kier alpha value is -3.78. The topological polar surface area (TPSA) is 69.2 Å². The molecule has 2 N–H and O–H groups in total. The number of hydrogen-bond donors (Lipinski definition) is 2. The lowest BCUT2D eigenvalue weighted by atomic mass is 10.1. The van der Waals surface area contributed by atoms with Crippen molar-refractivity contribution >= 4 is 34.8 Å². The number of nitrogens with one attached hydrogen (secondary N) is 2. The number of aromatic nitrogens is 3. The van der Waals surface area contributed by atoms with Crippen LogP contribution in [0.3, 0.4) is 0 Å². The summed E-state index contributed by atoms with van der Waals surface area (Å²) in [5.41, 5.74) is 3.10. The highest BCUT2D eigenvalue weighted by Crippen LogP contribution is 2.32. The monoisotopic (exact) mass is 466 g/mol. The van der Waals surface area contributed by atoms with Crippen molar-refractivity contribution in [3.63, 3.8) is 0 Å². The normalized spacial score (nSPS) is 14.8. The number of imidazole rings is 1. The first-order valence-corrected chi connectivity index (χ1v) is 10.5. The van der Waals surface area contributed by atoms with Crippen molar-refractivity contribution in [3.05, 3.63) is 101 Å². The van der Waals surface area contributed by atoms with Crippen molar-refractivity contribution in [3.8, 4) is 0 Å². The van der Waals surface area contributed by atoms with E-state index in [4.69, 9.17) is 11.6 Å². The van der Waals surface area contributed by atoms with Crippen LogP contribution in [0.5, 0.6) is 0 Å². The molecule has 168 valence electrons. The molecular weight excluding hydrogens is 446 g/mol. The molecule has 33 heavy (non-hydrogen) atoms. The third-order valence-corrected chi connectivity index (χ3v) is 5.48. The fraction of sp³-hybridized carbons (Fsp3) is 0.125. The number of aliphatic imine (C=N–C) groups is 1. The van der Waals surface area contributed by atoms with E-state index in [2.05, 4.69) is 31.8 Å². The first-order valence-electron chi connectivity index (χ1n) is 10.1. The molecule has 2 aromatic heterocycles. The van der Waals surface area contributed by atoms with Crippen molar-refractivity contribution in [2.75, 3.05) is 5.32 Å². The number of H-pyrrole nitrogens is 1. The first kappa shape index (κ1) is 22.4. The van der Waals surface area contributed by atoms with Crippen LogP contribution in [-0.2, 0) is 6.54 Å². The van der Waals surface area contributed by atoms with Crippen LogP contribution in [0.4, 0.5) is 14.5 Å². The standard InChI is InChI=1S/C24H21ClF2N6/c1-4-33-13-20(32-12-21(33)14(2)24-28-7-8-29-24)22-18(26)5-6-19(23(22)27)31-10-16-9-17(25)11-30-15(16)3/h4-9,11-13,31H,1,10H2,2-3H3,(H,28,29)/b21-14+. The Bertz CT molecular complexity index is 1290. The molecule has 0 atom stereocenters. The molecule has 0 spiro atoms. The molecule has 3 heterocycles. The molecule has 0 fully saturated rings. The van der Waals surface area contributed by atoms with Gasteiger partial charge in [0.05, 0.1) is 33.9 Å². The smallest absolute Gasteiger partial charge is 0.158 e. The van der Waals surface area contributed by atoms with Crippen LogP contribution in [0.1, 0.15) is 29.6 Å². The average molecular weight is 467 g/mol. The van der Waals surface area contributed by atoms with Crippen molar-refractivity contribution < 1.29 is 8.78 Å². The van der Waals surface area contributed by atoms with Gasteiger partial charge in [-0.2, -0.15) is 0 Å². The average Bonchev–Trinajstić information content (AvgIpc) is 3.35. The van der Waals surface area contributed by atoms with Gasteiger partial charge in [-0.15, -0.1) is 0 Å². The molecule has 6 nitrogen and oxygen atoms in total. The van der Waals surface area contributed by atoms with Crippen LogP contribution in [0, 0.1) is 18.6 Å². The maximum absolute atomic E-state index is 15.4. The molecule has 1 aromatic carbocycles. The lowest BCUT2D eigenvalue weighted by molar-refractivity contribution is 0.576. The number of nitrogens with zero attached hydrogens (tertiary/aromatic N) is 4. The number of aryl methyl sites for hydroxylation is 1. The van der Waals surface area contributed by atoms with E-state index in [9.17, 15) is 4.39 Å². The van der Waals surface area contributed by atoms with Crippen molar-refractivity contribution in [2.24, 2.45) is 4.99 Å². The molecule has 4 rings (SSSR count). The molecule has 0 amide bonds. The molecule has 0 saturated heterocycles. The Labute approximate surface area is 195 Å². The van der Waals surface area contributed by atoms with Gasteiger partial charge in [-0.3, -0.25) is 9.98 Å². The second-order valence-electron chi connectivity index (χ2n) is 7.35. The van der Waals surface area contributed by atoms with E-state index in [0.717, 1.165) is 16.8 Å². The second-order valence-corrected chi connectivity index (χ2v) is 7.78. The summed E-state index contributed by atoms with van der Waals surface area (Å²) in [6.07, 6.45) is 9.51. The van der Waals surface area contributed by atoms with Gasteiger partial charge in [0.15, 0.2) is 5.82 Å². The summed E-state index contributed by atoms with van der Waals surface area (Å²) in [4.78, 5) is 17.4. The van der Waals surface area contributed by atoms with E-state index in [0.29, 0.717) is 16.5 Å². The van der Waals surface area contributed by atoms with Gasteiger partial charge in [-0.05, 0) is 37.6 Å². The summed E-state index contributed by atoms with van der Waals surface area (Å²) in [6, 6.07) is 4.31. The summed E-state index contributed by atoms with van der Waals surface area (Å²) in [6.45, 7) is 7.78. The van der Waals surface area contributed by atoms with Gasteiger partial charge in [0.25, 0.3) is 0 Å². The molecule has 0 bridgehead atoms. The van der Waals surface area contributed by atoms with Gasteiger partial charge in [-0.1, -0.05) is 18.2 Å². The minimum atomic E-state index is -0.745. The van der Waals surface area contributed by atoms with Crippen molar-refractivity contribution in [2.45, 2.75) is 20.4 Å². The largest absolute Gasteiger partial charge is 0.379 e. The van der Waals surface area contributed by atoms with Crippen LogP contribution in [0.2, 0.25) is 5.02 Å². The number of rotatable bonds is 6. The predicted octanol–water partition coefficient (Wildman–Crippen LogP) is 5.92. The fourth-order valence-corrected chi connectivity index (χ4v) is 3.62. The Morgan fingerprint density at radius 2 is 2.12 bits per heavy atom. The minimum Gasteiger partial charge on any atom is -0.379 e. The summed E-state index contributed by atoms with van der Waals surface area (Å²) >= 11 is 6.01. The molecule has 0 unspecified atom stereocenters.